The number of rotatable bonds is 9. The number of likely N-dealkylation sites (N-methyl/N-ethyl adjacent to an activating group) is 1. The summed E-state index contributed by atoms with van der Waals surface area (Å²) in [4.78, 5) is 24.7. The van der Waals surface area contributed by atoms with Crippen LogP contribution >= 0.6 is 0 Å². The second-order valence-corrected chi connectivity index (χ2v) is 6.12. The van der Waals surface area contributed by atoms with Gasteiger partial charge in [0.15, 0.2) is 6.29 Å². The molecule has 1 rings (SSSR count). The van der Waals surface area contributed by atoms with Crippen LogP contribution in [0.2, 0.25) is 0 Å². The van der Waals surface area contributed by atoms with Gasteiger partial charge in [0, 0.05) is 25.5 Å². The molecule has 0 saturated carbocycles. The van der Waals surface area contributed by atoms with Gasteiger partial charge >= 0.3 is 0 Å². The van der Waals surface area contributed by atoms with E-state index in [1.54, 1.807) is 26.1 Å². The molecule has 3 N–H and O–H groups in total. The molecule has 0 aliphatic rings. The van der Waals surface area contributed by atoms with Crippen molar-refractivity contribution in [1.29, 1.82) is 0 Å². The number of hydrogen-bond acceptors (Lipinski definition) is 5. The van der Waals surface area contributed by atoms with Gasteiger partial charge < -0.3 is 25.4 Å². The number of para-hydroxylation sites is 1. The van der Waals surface area contributed by atoms with Crippen LogP contribution in [0.5, 0.6) is 0 Å². The molecule has 0 fully saturated rings. The number of anilines is 1. The summed E-state index contributed by atoms with van der Waals surface area (Å²) in [5, 5.41) is 8.51. The molecular weight excluding hydrogens is 322 g/mol. The van der Waals surface area contributed by atoms with Crippen molar-refractivity contribution in [2.45, 2.75) is 39.1 Å². The van der Waals surface area contributed by atoms with Crippen LogP contribution in [-0.4, -0.2) is 45.2 Å². The first-order valence-electron chi connectivity index (χ1n) is 8.28. The van der Waals surface area contributed by atoms with Crippen LogP contribution in [0.15, 0.2) is 24.3 Å². The maximum absolute atomic E-state index is 12.5. The molecule has 0 aromatic heterocycles. The van der Waals surface area contributed by atoms with E-state index in [0.29, 0.717) is 11.3 Å². The molecule has 0 aliphatic heterocycles. The van der Waals surface area contributed by atoms with Gasteiger partial charge in [-0.05, 0) is 26.0 Å². The van der Waals surface area contributed by atoms with Gasteiger partial charge in [0.2, 0.25) is 11.8 Å². The molecule has 0 spiro atoms. The maximum atomic E-state index is 12.5. The average Bonchev–Trinajstić information content (AvgIpc) is 2.57. The molecule has 2 amide bonds. The smallest absolute Gasteiger partial charge is 0.246 e. The Morgan fingerprint density at radius 2 is 1.60 bits per heavy atom. The van der Waals surface area contributed by atoms with Crippen LogP contribution in [-0.2, 0) is 19.1 Å². The van der Waals surface area contributed by atoms with Crippen molar-refractivity contribution in [2.75, 3.05) is 26.6 Å². The summed E-state index contributed by atoms with van der Waals surface area (Å²) in [5.41, 5.74) is 1.28. The Hall–Kier alpha value is -1.96. The lowest BCUT2D eigenvalue weighted by Gasteiger charge is -2.23. The standard InChI is InChI=1S/C18H29N3O4/c1-11(2)15(19-4)17(23)20-12(3)16(22)21-14-10-8-7-9-13(14)18(24-5)25-6/h7-12,15,18-19H,1-6H3,(H,20,23)(H,21,22)/t12-,15?/m0/s1. The highest BCUT2D eigenvalue weighted by Crippen LogP contribution is 2.25. The predicted octanol–water partition coefficient (Wildman–Crippen LogP) is 1.67. The molecular formula is C18H29N3O4. The van der Waals surface area contributed by atoms with Gasteiger partial charge in [-0.15, -0.1) is 0 Å². The highest BCUT2D eigenvalue weighted by atomic mass is 16.7. The van der Waals surface area contributed by atoms with Gasteiger partial charge in [-0.25, -0.2) is 0 Å². The first-order valence-corrected chi connectivity index (χ1v) is 8.28. The Bertz CT molecular complexity index is 573. The fourth-order valence-electron chi connectivity index (χ4n) is 2.54. The molecule has 1 unspecified atom stereocenters. The molecule has 1 aromatic carbocycles. The summed E-state index contributed by atoms with van der Waals surface area (Å²) >= 11 is 0. The van der Waals surface area contributed by atoms with Crippen molar-refractivity contribution in [3.05, 3.63) is 29.8 Å². The fourth-order valence-corrected chi connectivity index (χ4v) is 2.54. The summed E-state index contributed by atoms with van der Waals surface area (Å²) in [6, 6.07) is 6.18. The summed E-state index contributed by atoms with van der Waals surface area (Å²) in [6.07, 6.45) is -0.587. The molecule has 0 heterocycles. The van der Waals surface area contributed by atoms with Crippen LogP contribution in [0.4, 0.5) is 5.69 Å². The van der Waals surface area contributed by atoms with Crippen molar-refractivity contribution in [3.63, 3.8) is 0 Å². The summed E-state index contributed by atoms with van der Waals surface area (Å²) in [6.45, 7) is 5.53. The number of carbonyl (C=O) groups excluding carboxylic acids is 2. The molecule has 0 saturated heterocycles. The molecule has 0 radical (unpaired) electrons. The lowest BCUT2D eigenvalue weighted by atomic mass is 10.0. The monoisotopic (exact) mass is 351 g/mol. The third kappa shape index (κ3) is 5.81. The van der Waals surface area contributed by atoms with E-state index in [1.807, 2.05) is 26.0 Å². The van der Waals surface area contributed by atoms with Crippen LogP contribution in [0, 0.1) is 5.92 Å². The van der Waals surface area contributed by atoms with Crippen LogP contribution in [0.3, 0.4) is 0 Å². The lowest BCUT2D eigenvalue weighted by molar-refractivity contribution is -0.128. The summed E-state index contributed by atoms with van der Waals surface area (Å²) < 4.78 is 10.5. The Labute approximate surface area is 149 Å². The summed E-state index contributed by atoms with van der Waals surface area (Å²) in [5.74, 6) is -0.407. The highest BCUT2D eigenvalue weighted by Gasteiger charge is 2.24. The van der Waals surface area contributed by atoms with Crippen molar-refractivity contribution in [1.82, 2.24) is 10.6 Å². The normalized spacial score (nSPS) is 13.6. The number of methoxy groups -OCH3 is 2. The van der Waals surface area contributed by atoms with Crippen LogP contribution in [0.25, 0.3) is 0 Å². The molecule has 0 bridgehead atoms. The van der Waals surface area contributed by atoms with Crippen LogP contribution < -0.4 is 16.0 Å². The third-order valence-corrected chi connectivity index (χ3v) is 3.91. The average molecular weight is 351 g/mol. The van der Waals surface area contributed by atoms with Crippen molar-refractivity contribution in [2.24, 2.45) is 5.92 Å². The van der Waals surface area contributed by atoms with E-state index in [2.05, 4.69) is 16.0 Å². The van der Waals surface area contributed by atoms with E-state index in [9.17, 15) is 9.59 Å². The molecule has 25 heavy (non-hydrogen) atoms. The highest BCUT2D eigenvalue weighted by molar-refractivity contribution is 5.98. The Morgan fingerprint density at radius 3 is 2.12 bits per heavy atom. The molecule has 1 aromatic rings. The number of hydrogen-bond donors (Lipinski definition) is 3. The first-order chi connectivity index (χ1) is 11.8. The minimum Gasteiger partial charge on any atom is -0.352 e. The van der Waals surface area contributed by atoms with Gasteiger partial charge in [0.05, 0.1) is 6.04 Å². The maximum Gasteiger partial charge on any atom is 0.246 e. The van der Waals surface area contributed by atoms with Crippen LogP contribution in [0.1, 0.15) is 32.6 Å². The second kappa shape index (κ2) is 10.1. The predicted molar refractivity (Wildman–Crippen MR) is 97.1 cm³/mol. The van der Waals surface area contributed by atoms with Gasteiger partial charge in [0.1, 0.15) is 6.04 Å². The number of ether oxygens (including phenoxy) is 2. The first kappa shape index (κ1) is 21.1. The van der Waals surface area contributed by atoms with Gasteiger partial charge in [-0.1, -0.05) is 32.0 Å². The van der Waals surface area contributed by atoms with Gasteiger partial charge in [-0.3, -0.25) is 9.59 Å². The Balaban J connectivity index is 2.81. The topological polar surface area (TPSA) is 88.7 Å². The number of benzene rings is 1. The van der Waals surface area contributed by atoms with Crippen molar-refractivity contribution < 1.29 is 19.1 Å². The van der Waals surface area contributed by atoms with E-state index in [0.717, 1.165) is 0 Å². The fraction of sp³-hybridized carbons (Fsp3) is 0.556. The number of amides is 2. The zero-order valence-corrected chi connectivity index (χ0v) is 15.8. The minimum absolute atomic E-state index is 0.116. The second-order valence-electron chi connectivity index (χ2n) is 6.12. The Morgan fingerprint density at radius 1 is 1.00 bits per heavy atom. The SMILES string of the molecule is CNC(C(=O)N[C@@H](C)C(=O)Nc1ccccc1C(OC)OC)C(C)C. The van der Waals surface area contributed by atoms with Crippen molar-refractivity contribution >= 4 is 17.5 Å². The number of carbonyl (C=O) groups is 2. The zero-order chi connectivity index (χ0) is 19.0. The minimum atomic E-state index is -0.682. The molecule has 0 aliphatic carbocycles. The van der Waals surface area contributed by atoms with E-state index >= 15 is 0 Å². The largest absolute Gasteiger partial charge is 0.352 e. The quantitative estimate of drug-likeness (QED) is 0.589. The van der Waals surface area contributed by atoms with Gasteiger partial charge in [0.25, 0.3) is 0 Å². The zero-order valence-electron chi connectivity index (χ0n) is 15.8. The number of nitrogens with one attached hydrogen (secondary N) is 3. The lowest BCUT2D eigenvalue weighted by Crippen LogP contribution is -2.51. The molecule has 2 atom stereocenters. The van der Waals surface area contributed by atoms with Gasteiger partial charge in [-0.2, -0.15) is 0 Å². The van der Waals surface area contributed by atoms with E-state index in [1.165, 1.54) is 14.2 Å². The Kier molecular flexibility index (Phi) is 8.54. The molecule has 7 nitrogen and oxygen atoms in total. The third-order valence-electron chi connectivity index (χ3n) is 3.91. The van der Waals surface area contributed by atoms with E-state index in [4.69, 9.17) is 9.47 Å². The van der Waals surface area contributed by atoms with E-state index in [-0.39, 0.29) is 23.8 Å². The summed E-state index contributed by atoms with van der Waals surface area (Å²) in [7, 11) is 4.78. The van der Waals surface area contributed by atoms with Crippen molar-refractivity contribution in [3.8, 4) is 0 Å². The molecule has 7 heteroatoms. The molecule has 140 valence electrons. The van der Waals surface area contributed by atoms with E-state index < -0.39 is 12.3 Å².